The summed E-state index contributed by atoms with van der Waals surface area (Å²) in [6, 6.07) is 8.02. The van der Waals surface area contributed by atoms with E-state index in [1.54, 1.807) is 11.3 Å². The summed E-state index contributed by atoms with van der Waals surface area (Å²) < 4.78 is 6.37. The lowest BCUT2D eigenvalue weighted by Crippen LogP contribution is -2.34. The number of carbonyl (C=O) groups excluding carboxylic acids is 2. The highest BCUT2D eigenvalue weighted by atomic mass is 32.1. The highest BCUT2D eigenvalue weighted by Gasteiger charge is 2.56. The lowest BCUT2D eigenvalue weighted by molar-refractivity contribution is -0.140. The molecule has 5 rings (SSSR count). The smallest absolute Gasteiger partial charge is 0.234 e. The topological polar surface area (TPSA) is 66.8 Å². The molecule has 1 aromatic carbocycles. The van der Waals surface area contributed by atoms with Crippen LogP contribution in [0.5, 0.6) is 5.75 Å². The fourth-order valence-corrected chi connectivity index (χ4v) is 7.26. The highest BCUT2D eigenvalue weighted by molar-refractivity contribution is 7.09. The van der Waals surface area contributed by atoms with E-state index in [0.717, 1.165) is 47.3 Å². The quantitative estimate of drug-likeness (QED) is 0.316. The van der Waals surface area contributed by atoms with Gasteiger partial charge >= 0.3 is 0 Å². The van der Waals surface area contributed by atoms with Crippen LogP contribution in [0.25, 0.3) is 6.08 Å². The lowest BCUT2D eigenvalue weighted by Gasteiger charge is -2.31. The second kappa shape index (κ2) is 10.6. The number of aromatic hydroxyl groups is 1. The number of rotatable bonds is 8. The zero-order chi connectivity index (χ0) is 26.3. The van der Waals surface area contributed by atoms with E-state index in [9.17, 15) is 14.7 Å². The van der Waals surface area contributed by atoms with Crippen LogP contribution in [0.2, 0.25) is 0 Å². The summed E-state index contributed by atoms with van der Waals surface area (Å²) in [7, 11) is 0. The molecule has 1 aliphatic carbocycles. The van der Waals surface area contributed by atoms with Crippen LogP contribution in [-0.2, 0) is 20.9 Å². The van der Waals surface area contributed by atoms with Gasteiger partial charge in [-0.15, -0.1) is 11.3 Å². The van der Waals surface area contributed by atoms with E-state index < -0.39 is 0 Å². The molecule has 196 valence electrons. The predicted octanol–water partition coefficient (Wildman–Crippen LogP) is 6.57. The molecule has 4 atom stereocenters. The number of phenols is 1. The van der Waals surface area contributed by atoms with E-state index >= 15 is 0 Å². The van der Waals surface area contributed by atoms with Crippen molar-refractivity contribution in [1.82, 2.24) is 4.90 Å². The minimum Gasteiger partial charge on any atom is -0.507 e. The Morgan fingerprint density at radius 1 is 1.16 bits per heavy atom. The number of phenolic OH excluding ortho intramolecular Hbond substituents is 1. The van der Waals surface area contributed by atoms with Crippen LogP contribution in [0.4, 0.5) is 0 Å². The number of aryl methyl sites for hydroxylation is 2. The first-order valence-electron chi connectivity index (χ1n) is 13.5. The van der Waals surface area contributed by atoms with Crippen LogP contribution in [0, 0.1) is 31.6 Å². The van der Waals surface area contributed by atoms with Gasteiger partial charge in [0.15, 0.2) is 0 Å². The maximum atomic E-state index is 13.5. The van der Waals surface area contributed by atoms with Gasteiger partial charge in [0.25, 0.3) is 0 Å². The number of ether oxygens (including phenoxy) is 1. The number of likely N-dealkylation sites (tertiary alicyclic amines) is 1. The van der Waals surface area contributed by atoms with Gasteiger partial charge in [-0.25, -0.2) is 0 Å². The average Bonchev–Trinajstić information content (AvgIpc) is 3.61. The maximum Gasteiger partial charge on any atom is 0.234 e. The Kier molecular flexibility index (Phi) is 7.42. The molecule has 37 heavy (non-hydrogen) atoms. The van der Waals surface area contributed by atoms with Crippen molar-refractivity contribution in [2.75, 3.05) is 6.61 Å². The van der Waals surface area contributed by atoms with Gasteiger partial charge in [-0.3, -0.25) is 14.5 Å². The number of allylic oxidation sites excluding steroid dienone is 2. The summed E-state index contributed by atoms with van der Waals surface area (Å²) in [5, 5.41) is 12.1. The molecule has 5 nitrogen and oxygen atoms in total. The van der Waals surface area contributed by atoms with Crippen molar-refractivity contribution in [3.8, 4) is 5.75 Å². The fraction of sp³-hybridized carbons (Fsp3) is 0.484. The number of nitrogens with zero attached hydrogens (tertiary/aromatic N) is 1. The molecule has 2 saturated heterocycles. The molecule has 3 aliphatic rings. The third kappa shape index (κ3) is 4.82. The van der Waals surface area contributed by atoms with Crippen LogP contribution in [0.3, 0.4) is 0 Å². The van der Waals surface area contributed by atoms with Gasteiger partial charge in [0.2, 0.25) is 11.8 Å². The Morgan fingerprint density at radius 3 is 2.57 bits per heavy atom. The summed E-state index contributed by atoms with van der Waals surface area (Å²) in [6.07, 6.45) is 6.56. The van der Waals surface area contributed by atoms with Gasteiger partial charge in [-0.2, -0.15) is 0 Å². The molecule has 0 spiro atoms. The average molecular weight is 520 g/mol. The normalized spacial score (nSPS) is 25.7. The summed E-state index contributed by atoms with van der Waals surface area (Å²) >= 11 is 1.59. The largest absolute Gasteiger partial charge is 0.507 e. The highest BCUT2D eigenvalue weighted by Crippen LogP contribution is 2.50. The van der Waals surface area contributed by atoms with E-state index in [4.69, 9.17) is 4.74 Å². The first kappa shape index (κ1) is 25.9. The summed E-state index contributed by atoms with van der Waals surface area (Å²) in [5.74, 6) is -0.174. The Bertz CT molecular complexity index is 1230. The SMILES string of the molecule is CCC1=C2[C@@H](CC/C(=C/c3cc(C)c(O)c(C)c3)CC)OC[C@@H]2[C@@H]2C(=O)N(Cc3cccs3)C(=O)[C@@H]2C1. The van der Waals surface area contributed by atoms with Gasteiger partial charge in [-0.1, -0.05) is 37.1 Å². The molecular weight excluding hydrogens is 482 g/mol. The molecular formula is C31H37NO4S. The first-order valence-corrected chi connectivity index (χ1v) is 14.4. The molecule has 3 heterocycles. The Hall–Kier alpha value is -2.70. The van der Waals surface area contributed by atoms with Crippen LogP contribution < -0.4 is 0 Å². The predicted molar refractivity (Wildman–Crippen MR) is 147 cm³/mol. The Balaban J connectivity index is 1.33. The van der Waals surface area contributed by atoms with Gasteiger partial charge < -0.3 is 9.84 Å². The molecule has 1 N–H and O–H groups in total. The second-order valence-corrected chi connectivity index (χ2v) is 11.7. The Morgan fingerprint density at radius 2 is 1.92 bits per heavy atom. The molecule has 0 unspecified atom stereocenters. The van der Waals surface area contributed by atoms with Gasteiger partial charge in [0.05, 0.1) is 31.1 Å². The lowest BCUT2D eigenvalue weighted by atomic mass is 9.69. The van der Waals surface area contributed by atoms with Crippen LogP contribution >= 0.6 is 11.3 Å². The fourth-order valence-electron chi connectivity index (χ4n) is 6.57. The first-order chi connectivity index (χ1) is 17.8. The molecule has 2 aliphatic heterocycles. The molecule has 0 bridgehead atoms. The maximum absolute atomic E-state index is 13.5. The van der Waals surface area contributed by atoms with Gasteiger partial charge in [0.1, 0.15) is 5.75 Å². The van der Waals surface area contributed by atoms with E-state index in [1.807, 2.05) is 43.5 Å². The van der Waals surface area contributed by atoms with Crippen molar-refractivity contribution in [2.45, 2.75) is 72.4 Å². The minimum absolute atomic E-state index is 0.00691. The van der Waals surface area contributed by atoms with Gasteiger partial charge in [0, 0.05) is 10.8 Å². The molecule has 0 radical (unpaired) electrons. The number of carbonyl (C=O) groups is 2. The third-order valence-corrected chi connectivity index (χ3v) is 9.35. The summed E-state index contributed by atoms with van der Waals surface area (Å²) in [5.41, 5.74) is 6.86. The van der Waals surface area contributed by atoms with Crippen LogP contribution in [0.1, 0.15) is 67.5 Å². The van der Waals surface area contributed by atoms with Crippen LogP contribution in [-0.4, -0.2) is 34.5 Å². The number of hydrogen-bond acceptors (Lipinski definition) is 5. The van der Waals surface area contributed by atoms with Crippen molar-refractivity contribution in [1.29, 1.82) is 0 Å². The minimum atomic E-state index is -0.285. The molecule has 2 aromatic rings. The summed E-state index contributed by atoms with van der Waals surface area (Å²) in [4.78, 5) is 29.4. The zero-order valence-electron chi connectivity index (χ0n) is 22.3. The monoisotopic (exact) mass is 519 g/mol. The second-order valence-electron chi connectivity index (χ2n) is 10.7. The number of fused-ring (bicyclic) bond motifs is 3. The molecule has 2 fully saturated rings. The van der Waals surface area contributed by atoms with Crippen molar-refractivity contribution < 1.29 is 19.4 Å². The number of benzene rings is 1. The summed E-state index contributed by atoms with van der Waals surface area (Å²) in [6.45, 7) is 9.12. The number of imide groups is 1. The third-order valence-electron chi connectivity index (χ3n) is 8.49. The van der Waals surface area contributed by atoms with Crippen molar-refractivity contribution in [2.24, 2.45) is 17.8 Å². The van der Waals surface area contributed by atoms with Crippen molar-refractivity contribution in [3.63, 3.8) is 0 Å². The molecule has 6 heteroatoms. The number of amides is 2. The Labute approximate surface area is 223 Å². The van der Waals surface area contributed by atoms with E-state index in [0.29, 0.717) is 25.3 Å². The van der Waals surface area contributed by atoms with Gasteiger partial charge in [-0.05, 0) is 91.8 Å². The van der Waals surface area contributed by atoms with Crippen LogP contribution in [0.15, 0.2) is 46.4 Å². The molecule has 1 aromatic heterocycles. The zero-order valence-corrected chi connectivity index (χ0v) is 23.1. The number of thiophene rings is 1. The van der Waals surface area contributed by atoms with E-state index in [-0.39, 0.29) is 35.7 Å². The molecule has 0 saturated carbocycles. The van der Waals surface area contributed by atoms with Crippen molar-refractivity contribution >= 4 is 29.2 Å². The standard InChI is InChI=1S/C31H37NO4S/c1-5-20(14-21-12-18(3)29(33)19(4)13-21)9-10-26-27-22(6-2)15-24-28(25(27)17-36-26)31(35)32(30(24)34)16-23-8-7-11-37-23/h7-8,11-14,24-26,28,33H,5-6,9-10,15-17H2,1-4H3/b20-14+/t24-,25+,26-,28-/m1/s1. The van der Waals surface area contributed by atoms with E-state index in [2.05, 4.69) is 19.9 Å². The molecule has 2 amide bonds. The van der Waals surface area contributed by atoms with Crippen molar-refractivity contribution in [3.05, 3.63) is 67.9 Å². The van der Waals surface area contributed by atoms with E-state index in [1.165, 1.54) is 21.6 Å². The number of hydrogen-bond donors (Lipinski definition) is 1.